The first-order valence-corrected chi connectivity index (χ1v) is 6.99. The van der Waals surface area contributed by atoms with E-state index in [1.807, 2.05) is 16.7 Å². The van der Waals surface area contributed by atoms with Crippen molar-refractivity contribution in [3.63, 3.8) is 0 Å². The van der Waals surface area contributed by atoms with Crippen LogP contribution < -0.4 is 0 Å². The van der Waals surface area contributed by atoms with Crippen LogP contribution in [0.3, 0.4) is 0 Å². The number of para-hydroxylation sites is 1. The van der Waals surface area contributed by atoms with E-state index in [4.69, 9.17) is 21.4 Å². The fourth-order valence-electron chi connectivity index (χ4n) is 2.29. The fourth-order valence-corrected chi connectivity index (χ4v) is 2.49. The van der Waals surface area contributed by atoms with Crippen LogP contribution in [0.1, 0.15) is 23.1 Å². The molecule has 1 aromatic carbocycles. The number of aryl methyl sites for hydroxylation is 3. The van der Waals surface area contributed by atoms with Gasteiger partial charge in [0.1, 0.15) is 17.4 Å². The highest BCUT2D eigenvalue weighted by atomic mass is 35.5. The maximum absolute atomic E-state index is 9.15. The Morgan fingerprint density at radius 2 is 2.24 bits per heavy atom. The van der Waals surface area contributed by atoms with E-state index >= 15 is 0 Å². The van der Waals surface area contributed by atoms with Gasteiger partial charge in [-0.15, -0.1) is 11.6 Å². The van der Waals surface area contributed by atoms with Gasteiger partial charge >= 0.3 is 0 Å². The molecular weight excluding hydrogens is 290 g/mol. The molecule has 2 heterocycles. The number of hydrogen-bond acceptors (Lipinski definition) is 5. The summed E-state index contributed by atoms with van der Waals surface area (Å²) in [5.41, 5.74) is 2.12. The Morgan fingerprint density at radius 1 is 1.38 bits per heavy atom. The van der Waals surface area contributed by atoms with Gasteiger partial charge in [0.2, 0.25) is 5.89 Å². The Labute approximate surface area is 126 Å². The van der Waals surface area contributed by atoms with Crippen LogP contribution in [-0.4, -0.2) is 19.7 Å². The predicted molar refractivity (Wildman–Crippen MR) is 76.7 cm³/mol. The first-order chi connectivity index (χ1) is 10.2. The molecule has 0 bridgehead atoms. The average Bonchev–Trinajstić information content (AvgIpc) is 3.07. The van der Waals surface area contributed by atoms with Gasteiger partial charge in [-0.05, 0) is 19.1 Å². The SMILES string of the molecule is Cc1noc(CCn2c(CCl)nc3c(C#N)cccc32)n1. The second-order valence-electron chi connectivity index (χ2n) is 4.58. The van der Waals surface area contributed by atoms with Crippen LogP contribution in [0.2, 0.25) is 0 Å². The van der Waals surface area contributed by atoms with Crippen LogP contribution >= 0.6 is 11.6 Å². The number of halogens is 1. The molecule has 0 atom stereocenters. The Bertz CT molecular complexity index is 830. The normalized spacial score (nSPS) is 10.9. The van der Waals surface area contributed by atoms with Crippen molar-refractivity contribution in [2.24, 2.45) is 0 Å². The van der Waals surface area contributed by atoms with Crippen molar-refractivity contribution < 1.29 is 4.52 Å². The summed E-state index contributed by atoms with van der Waals surface area (Å²) in [4.78, 5) is 8.64. The molecule has 0 spiro atoms. The molecule has 0 N–H and O–H groups in total. The molecule has 21 heavy (non-hydrogen) atoms. The molecule has 0 aliphatic carbocycles. The lowest BCUT2D eigenvalue weighted by Crippen LogP contribution is -2.05. The molecule has 0 radical (unpaired) electrons. The minimum Gasteiger partial charge on any atom is -0.339 e. The quantitative estimate of drug-likeness (QED) is 0.692. The smallest absolute Gasteiger partial charge is 0.228 e. The topological polar surface area (TPSA) is 80.5 Å². The molecule has 7 heteroatoms. The summed E-state index contributed by atoms with van der Waals surface area (Å²) >= 11 is 5.97. The van der Waals surface area contributed by atoms with E-state index in [1.165, 1.54) is 0 Å². The molecule has 0 fully saturated rings. The van der Waals surface area contributed by atoms with Gasteiger partial charge in [-0.2, -0.15) is 10.2 Å². The van der Waals surface area contributed by atoms with Crippen molar-refractivity contribution in [1.29, 1.82) is 5.26 Å². The van der Waals surface area contributed by atoms with E-state index in [2.05, 4.69) is 21.2 Å². The van der Waals surface area contributed by atoms with Crippen molar-refractivity contribution in [2.75, 3.05) is 0 Å². The van der Waals surface area contributed by atoms with E-state index in [9.17, 15) is 0 Å². The number of rotatable bonds is 4. The molecular formula is C14H12ClN5O. The van der Waals surface area contributed by atoms with E-state index in [0.29, 0.717) is 35.8 Å². The monoisotopic (exact) mass is 301 g/mol. The average molecular weight is 302 g/mol. The van der Waals surface area contributed by atoms with Gasteiger partial charge in [0.25, 0.3) is 0 Å². The predicted octanol–water partition coefficient (Wildman–Crippen LogP) is 2.58. The fraction of sp³-hybridized carbons (Fsp3) is 0.286. The zero-order chi connectivity index (χ0) is 14.8. The number of nitrogens with zero attached hydrogens (tertiary/aromatic N) is 5. The highest BCUT2D eigenvalue weighted by molar-refractivity contribution is 6.16. The maximum Gasteiger partial charge on any atom is 0.228 e. The van der Waals surface area contributed by atoms with Crippen molar-refractivity contribution in [3.05, 3.63) is 41.3 Å². The van der Waals surface area contributed by atoms with Crippen LogP contribution in [0, 0.1) is 18.3 Å². The molecule has 0 unspecified atom stereocenters. The zero-order valence-electron chi connectivity index (χ0n) is 11.4. The zero-order valence-corrected chi connectivity index (χ0v) is 12.1. The number of fused-ring (bicyclic) bond motifs is 1. The molecule has 3 aromatic rings. The first-order valence-electron chi connectivity index (χ1n) is 6.46. The van der Waals surface area contributed by atoms with Gasteiger partial charge in [-0.3, -0.25) is 0 Å². The Balaban J connectivity index is 1.99. The van der Waals surface area contributed by atoms with Crippen LogP contribution in [0.15, 0.2) is 22.7 Å². The third-order valence-corrected chi connectivity index (χ3v) is 3.46. The van der Waals surface area contributed by atoms with E-state index in [-0.39, 0.29) is 5.88 Å². The number of imidazole rings is 1. The van der Waals surface area contributed by atoms with Crippen LogP contribution in [0.25, 0.3) is 11.0 Å². The summed E-state index contributed by atoms with van der Waals surface area (Å²) in [5, 5.41) is 12.9. The van der Waals surface area contributed by atoms with E-state index < -0.39 is 0 Å². The first kappa shape index (κ1) is 13.6. The third-order valence-electron chi connectivity index (χ3n) is 3.22. The lowest BCUT2D eigenvalue weighted by molar-refractivity contribution is 0.368. The minimum absolute atomic E-state index is 0.280. The van der Waals surface area contributed by atoms with Gasteiger partial charge in [-0.1, -0.05) is 11.2 Å². The lowest BCUT2D eigenvalue weighted by Gasteiger charge is -2.05. The van der Waals surface area contributed by atoms with Crippen molar-refractivity contribution >= 4 is 22.6 Å². The summed E-state index contributed by atoms with van der Waals surface area (Å²) in [5.74, 6) is 2.20. The highest BCUT2D eigenvalue weighted by Crippen LogP contribution is 2.21. The molecule has 0 saturated heterocycles. The maximum atomic E-state index is 9.15. The van der Waals surface area contributed by atoms with Gasteiger partial charge in [0.15, 0.2) is 5.82 Å². The van der Waals surface area contributed by atoms with Crippen LogP contribution in [0.5, 0.6) is 0 Å². The minimum atomic E-state index is 0.280. The molecule has 0 aliphatic heterocycles. The standard InChI is InChI=1S/C14H12ClN5O/c1-9-17-13(21-19-9)5-6-20-11-4-2-3-10(8-16)14(11)18-12(20)7-15/h2-4H,5-7H2,1H3. The Morgan fingerprint density at radius 3 is 2.90 bits per heavy atom. The molecule has 0 saturated carbocycles. The second-order valence-corrected chi connectivity index (χ2v) is 4.85. The number of aromatic nitrogens is 4. The summed E-state index contributed by atoms with van der Waals surface area (Å²) in [6, 6.07) is 7.67. The number of benzene rings is 1. The van der Waals surface area contributed by atoms with Gasteiger partial charge in [0.05, 0.1) is 17.0 Å². The summed E-state index contributed by atoms with van der Waals surface area (Å²) < 4.78 is 7.10. The summed E-state index contributed by atoms with van der Waals surface area (Å²) in [7, 11) is 0. The number of hydrogen-bond donors (Lipinski definition) is 0. The summed E-state index contributed by atoms with van der Waals surface area (Å²) in [6.07, 6.45) is 0.590. The Kier molecular flexibility index (Phi) is 3.59. The number of alkyl halides is 1. The Hall–Kier alpha value is -2.39. The van der Waals surface area contributed by atoms with Crippen LogP contribution in [-0.2, 0) is 18.8 Å². The van der Waals surface area contributed by atoms with Crippen molar-refractivity contribution in [1.82, 2.24) is 19.7 Å². The second kappa shape index (κ2) is 5.54. The molecule has 6 nitrogen and oxygen atoms in total. The molecule has 0 aliphatic rings. The highest BCUT2D eigenvalue weighted by Gasteiger charge is 2.14. The van der Waals surface area contributed by atoms with Crippen molar-refractivity contribution in [3.8, 4) is 6.07 Å². The molecule has 3 rings (SSSR count). The largest absolute Gasteiger partial charge is 0.339 e. The van der Waals surface area contributed by atoms with E-state index in [0.717, 1.165) is 11.3 Å². The molecule has 106 valence electrons. The van der Waals surface area contributed by atoms with Gasteiger partial charge in [-0.25, -0.2) is 4.98 Å². The lowest BCUT2D eigenvalue weighted by atomic mass is 10.2. The van der Waals surface area contributed by atoms with Gasteiger partial charge < -0.3 is 9.09 Å². The molecule has 0 amide bonds. The van der Waals surface area contributed by atoms with Crippen molar-refractivity contribution in [2.45, 2.75) is 25.8 Å². The third kappa shape index (κ3) is 2.48. The van der Waals surface area contributed by atoms with Crippen LogP contribution in [0.4, 0.5) is 0 Å². The summed E-state index contributed by atoms with van der Waals surface area (Å²) in [6.45, 7) is 2.40. The van der Waals surface area contributed by atoms with Gasteiger partial charge in [0, 0.05) is 13.0 Å². The number of nitriles is 1. The molecule has 2 aromatic heterocycles. The van der Waals surface area contributed by atoms with E-state index in [1.54, 1.807) is 13.0 Å².